The van der Waals surface area contributed by atoms with E-state index in [9.17, 15) is 13.2 Å². The highest BCUT2D eigenvalue weighted by Crippen LogP contribution is 2.40. The van der Waals surface area contributed by atoms with Gasteiger partial charge in [-0.2, -0.15) is 8.42 Å². The molecule has 0 spiro atoms. The fraction of sp³-hybridized carbons (Fsp3) is 0.238. The number of ether oxygens (including phenoxy) is 4. The Morgan fingerprint density at radius 1 is 0.969 bits per heavy atom. The zero-order chi connectivity index (χ0) is 23.5. The van der Waals surface area contributed by atoms with Gasteiger partial charge in [-0.15, -0.1) is 4.40 Å². The van der Waals surface area contributed by atoms with Crippen LogP contribution in [-0.2, 0) is 15.0 Å². The second-order valence-corrected chi connectivity index (χ2v) is 8.18. The molecule has 0 saturated heterocycles. The SMILES string of the molecule is COc1cccc(C2=NS(=O)(=O)N(C)C(C(=O)Nc3cc(OC)c(OC)c(OC)c3)=C2)c1. The molecule has 1 heterocycles. The second kappa shape index (κ2) is 9.18. The quantitative estimate of drug-likeness (QED) is 0.672. The van der Waals surface area contributed by atoms with Gasteiger partial charge in [-0.25, -0.2) is 4.31 Å². The highest BCUT2D eigenvalue weighted by Gasteiger charge is 2.30. The topological polar surface area (TPSA) is 116 Å². The molecule has 2 aromatic rings. The number of carbonyl (C=O) groups is 1. The molecule has 10 nitrogen and oxygen atoms in total. The van der Waals surface area contributed by atoms with Gasteiger partial charge in [0.1, 0.15) is 11.4 Å². The van der Waals surface area contributed by atoms with Crippen LogP contribution in [-0.4, -0.2) is 59.8 Å². The van der Waals surface area contributed by atoms with E-state index >= 15 is 0 Å². The first-order valence-electron chi connectivity index (χ1n) is 9.30. The van der Waals surface area contributed by atoms with Gasteiger partial charge in [0.25, 0.3) is 5.91 Å². The van der Waals surface area contributed by atoms with E-state index in [-0.39, 0.29) is 11.4 Å². The lowest BCUT2D eigenvalue weighted by atomic mass is 10.1. The summed E-state index contributed by atoms with van der Waals surface area (Å²) in [6, 6.07) is 9.79. The summed E-state index contributed by atoms with van der Waals surface area (Å²) in [5.74, 6) is 0.884. The molecule has 1 N–H and O–H groups in total. The van der Waals surface area contributed by atoms with E-state index in [0.29, 0.717) is 34.2 Å². The molecule has 0 unspecified atom stereocenters. The molecule has 0 atom stereocenters. The predicted octanol–water partition coefficient (Wildman–Crippen LogP) is 2.22. The molecule has 0 bridgehead atoms. The Hall–Kier alpha value is -3.73. The standard InChI is InChI=1S/C21H23N3O7S/c1-24-17(12-16(23-32(24,26)27)13-7-6-8-15(9-13)28-2)21(25)22-14-10-18(29-3)20(31-5)19(11-14)30-4/h6-12H,1-5H3,(H,22,25). The van der Waals surface area contributed by atoms with Crippen LogP contribution in [0, 0.1) is 0 Å². The predicted molar refractivity (Wildman–Crippen MR) is 119 cm³/mol. The Kier molecular flexibility index (Phi) is 6.58. The number of nitrogens with one attached hydrogen (secondary N) is 1. The number of allylic oxidation sites excluding steroid dienone is 1. The number of nitrogens with zero attached hydrogens (tertiary/aromatic N) is 2. The molecule has 11 heteroatoms. The summed E-state index contributed by atoms with van der Waals surface area (Å²) in [7, 11) is 2.99. The number of hydrogen-bond acceptors (Lipinski definition) is 7. The third-order valence-electron chi connectivity index (χ3n) is 4.69. The van der Waals surface area contributed by atoms with Crippen molar-refractivity contribution in [2.45, 2.75) is 0 Å². The van der Waals surface area contributed by atoms with Crippen LogP contribution in [0.3, 0.4) is 0 Å². The molecule has 2 aromatic carbocycles. The van der Waals surface area contributed by atoms with Crippen molar-refractivity contribution in [2.75, 3.05) is 40.8 Å². The third kappa shape index (κ3) is 4.47. The highest BCUT2D eigenvalue weighted by molar-refractivity contribution is 7.88. The summed E-state index contributed by atoms with van der Waals surface area (Å²) in [5.41, 5.74) is 0.796. The van der Waals surface area contributed by atoms with Gasteiger partial charge in [0.05, 0.1) is 34.2 Å². The maximum atomic E-state index is 13.0. The zero-order valence-corrected chi connectivity index (χ0v) is 19.0. The molecule has 3 rings (SSSR count). The van der Waals surface area contributed by atoms with Crippen molar-refractivity contribution in [3.05, 3.63) is 53.7 Å². The highest BCUT2D eigenvalue weighted by atomic mass is 32.2. The minimum absolute atomic E-state index is 0.108. The minimum Gasteiger partial charge on any atom is -0.497 e. The Morgan fingerprint density at radius 2 is 1.62 bits per heavy atom. The van der Waals surface area contributed by atoms with Crippen molar-refractivity contribution in [2.24, 2.45) is 4.40 Å². The molecule has 170 valence electrons. The van der Waals surface area contributed by atoms with Crippen LogP contribution < -0.4 is 24.3 Å². The summed E-state index contributed by atoms with van der Waals surface area (Å²) in [6.45, 7) is 0. The summed E-state index contributed by atoms with van der Waals surface area (Å²) >= 11 is 0. The maximum Gasteiger partial charge on any atom is 0.345 e. The number of likely N-dealkylation sites (N-methyl/N-ethyl adjacent to an activating group) is 1. The Balaban J connectivity index is 1.99. The van der Waals surface area contributed by atoms with Crippen molar-refractivity contribution in [3.63, 3.8) is 0 Å². The molecular formula is C21H23N3O7S. The van der Waals surface area contributed by atoms with E-state index in [1.54, 1.807) is 24.3 Å². The van der Waals surface area contributed by atoms with Crippen LogP contribution in [0.1, 0.15) is 5.56 Å². The minimum atomic E-state index is -4.12. The van der Waals surface area contributed by atoms with Gasteiger partial charge >= 0.3 is 10.2 Å². The lowest BCUT2D eigenvalue weighted by Crippen LogP contribution is -2.35. The normalized spacial score (nSPS) is 14.7. The molecule has 0 saturated carbocycles. The van der Waals surface area contributed by atoms with Crippen LogP contribution in [0.2, 0.25) is 0 Å². The average Bonchev–Trinajstić information content (AvgIpc) is 2.79. The van der Waals surface area contributed by atoms with E-state index in [0.717, 1.165) is 4.31 Å². The monoisotopic (exact) mass is 461 g/mol. The van der Waals surface area contributed by atoms with E-state index < -0.39 is 16.1 Å². The summed E-state index contributed by atoms with van der Waals surface area (Å²) in [5, 5.41) is 2.67. The molecule has 1 aliphatic rings. The van der Waals surface area contributed by atoms with Gasteiger partial charge < -0.3 is 24.3 Å². The Labute approximate surface area is 186 Å². The fourth-order valence-corrected chi connectivity index (χ4v) is 3.95. The molecule has 0 fully saturated rings. The summed E-state index contributed by atoms with van der Waals surface area (Å²) < 4.78 is 50.9. The zero-order valence-electron chi connectivity index (χ0n) is 18.2. The van der Waals surface area contributed by atoms with Crippen LogP contribution >= 0.6 is 0 Å². The first-order valence-corrected chi connectivity index (χ1v) is 10.7. The molecule has 0 aliphatic carbocycles. The van der Waals surface area contributed by atoms with E-state index in [2.05, 4.69) is 9.71 Å². The van der Waals surface area contributed by atoms with Crippen LogP contribution in [0.4, 0.5) is 5.69 Å². The third-order valence-corrected chi connectivity index (χ3v) is 6.01. The van der Waals surface area contributed by atoms with Crippen molar-refractivity contribution < 1.29 is 32.2 Å². The second-order valence-electron chi connectivity index (χ2n) is 6.55. The van der Waals surface area contributed by atoms with Crippen molar-refractivity contribution in [3.8, 4) is 23.0 Å². The van der Waals surface area contributed by atoms with Gasteiger partial charge in [0, 0.05) is 30.4 Å². The van der Waals surface area contributed by atoms with Crippen LogP contribution in [0.25, 0.3) is 0 Å². The summed E-state index contributed by atoms with van der Waals surface area (Å²) in [4.78, 5) is 13.0. The van der Waals surface area contributed by atoms with Gasteiger partial charge in [0.2, 0.25) is 5.75 Å². The van der Waals surface area contributed by atoms with E-state index in [4.69, 9.17) is 18.9 Å². The number of hydrogen-bond donors (Lipinski definition) is 1. The lowest BCUT2D eigenvalue weighted by molar-refractivity contribution is -0.113. The van der Waals surface area contributed by atoms with E-state index in [1.165, 1.54) is 53.7 Å². The van der Waals surface area contributed by atoms with Gasteiger partial charge in [-0.3, -0.25) is 4.79 Å². The number of carbonyl (C=O) groups excluding carboxylic acids is 1. The summed E-state index contributed by atoms with van der Waals surface area (Å²) in [6.07, 6.45) is 1.39. The first kappa shape index (κ1) is 22.9. The van der Waals surface area contributed by atoms with Gasteiger partial charge in [-0.1, -0.05) is 12.1 Å². The van der Waals surface area contributed by atoms with Crippen LogP contribution in [0.5, 0.6) is 23.0 Å². The van der Waals surface area contributed by atoms with Crippen molar-refractivity contribution in [1.82, 2.24) is 4.31 Å². The average molecular weight is 461 g/mol. The van der Waals surface area contributed by atoms with Crippen molar-refractivity contribution in [1.29, 1.82) is 0 Å². The van der Waals surface area contributed by atoms with Crippen LogP contribution in [0.15, 0.2) is 52.6 Å². The van der Waals surface area contributed by atoms with E-state index in [1.807, 2.05) is 0 Å². The molecule has 0 radical (unpaired) electrons. The fourth-order valence-electron chi connectivity index (χ4n) is 3.03. The number of anilines is 1. The number of rotatable bonds is 7. The molecular weight excluding hydrogens is 438 g/mol. The largest absolute Gasteiger partial charge is 0.497 e. The molecule has 1 amide bonds. The Bertz CT molecular complexity index is 1180. The number of methoxy groups -OCH3 is 4. The van der Waals surface area contributed by atoms with Gasteiger partial charge in [-0.05, 0) is 18.2 Å². The smallest absolute Gasteiger partial charge is 0.345 e. The molecule has 0 aromatic heterocycles. The van der Waals surface area contributed by atoms with Crippen molar-refractivity contribution >= 4 is 27.5 Å². The van der Waals surface area contributed by atoms with Gasteiger partial charge in [0.15, 0.2) is 11.5 Å². The lowest BCUT2D eigenvalue weighted by Gasteiger charge is -2.24. The maximum absolute atomic E-state index is 13.0. The number of benzene rings is 2. The Morgan fingerprint density at radius 3 is 2.19 bits per heavy atom. The molecule has 1 aliphatic heterocycles. The molecule has 32 heavy (non-hydrogen) atoms. The number of amides is 1. The first-order chi connectivity index (χ1) is 15.2.